The van der Waals surface area contributed by atoms with Crippen molar-refractivity contribution in [2.75, 3.05) is 6.54 Å². The molecule has 2 atom stereocenters. The van der Waals surface area contributed by atoms with Crippen LogP contribution < -0.4 is 5.32 Å². The van der Waals surface area contributed by atoms with Gasteiger partial charge in [0.05, 0.1) is 12.3 Å². The molecule has 0 unspecified atom stereocenters. The summed E-state index contributed by atoms with van der Waals surface area (Å²) in [5.74, 6) is -3.61. The number of hydrogen-bond donors (Lipinski definition) is 3. The molecule has 0 aliphatic heterocycles. The van der Waals surface area contributed by atoms with Gasteiger partial charge in [0.1, 0.15) is 0 Å². The number of aliphatic carboxylic acids is 2. The number of carbonyl (C=O) groups excluding carboxylic acids is 1. The largest absolute Gasteiger partial charge is 0.481 e. The molecule has 0 fully saturated rings. The Kier molecular flexibility index (Phi) is 8.97. The van der Waals surface area contributed by atoms with Crippen molar-refractivity contribution in [3.63, 3.8) is 0 Å². The zero-order valence-electron chi connectivity index (χ0n) is 18.9. The summed E-state index contributed by atoms with van der Waals surface area (Å²) in [5, 5.41) is 21.4. The predicted molar refractivity (Wildman–Crippen MR) is 130 cm³/mol. The summed E-state index contributed by atoms with van der Waals surface area (Å²) in [6.07, 6.45) is 0.661. The van der Waals surface area contributed by atoms with Crippen LogP contribution >= 0.6 is 0 Å². The fourth-order valence-corrected chi connectivity index (χ4v) is 3.98. The molecule has 0 saturated carbocycles. The predicted octanol–water partition coefficient (Wildman–Crippen LogP) is 4.44. The number of carboxylic acid groups (broad SMARTS) is 2. The van der Waals surface area contributed by atoms with E-state index in [1.54, 1.807) is 0 Å². The van der Waals surface area contributed by atoms with Crippen LogP contribution in [-0.2, 0) is 27.2 Å². The normalized spacial score (nSPS) is 12.5. The van der Waals surface area contributed by atoms with Crippen molar-refractivity contribution in [2.45, 2.75) is 25.7 Å². The van der Waals surface area contributed by atoms with Crippen LogP contribution in [0.15, 0.2) is 84.9 Å². The molecule has 0 bridgehead atoms. The highest BCUT2D eigenvalue weighted by Crippen LogP contribution is 2.24. The van der Waals surface area contributed by atoms with Gasteiger partial charge in [-0.3, -0.25) is 14.4 Å². The highest BCUT2D eigenvalue weighted by Gasteiger charge is 2.28. The Morgan fingerprint density at radius 3 is 1.79 bits per heavy atom. The highest BCUT2D eigenvalue weighted by atomic mass is 16.4. The molecule has 176 valence electrons. The summed E-state index contributed by atoms with van der Waals surface area (Å²) in [5.41, 5.74) is 3.96. The SMILES string of the molecule is O=C(O)CCNC(=O)[C@H](Cc1ccc(-c2ccccc2)cc1)C[C@@H](Cc1ccccc1)C(=O)O. The lowest BCUT2D eigenvalue weighted by Crippen LogP contribution is -2.36. The van der Waals surface area contributed by atoms with Crippen LogP contribution in [0.5, 0.6) is 0 Å². The molecular formula is C28H29NO5. The third-order valence-electron chi connectivity index (χ3n) is 5.80. The third kappa shape index (κ3) is 7.59. The molecule has 34 heavy (non-hydrogen) atoms. The number of nitrogens with one attached hydrogen (secondary N) is 1. The smallest absolute Gasteiger partial charge is 0.306 e. The van der Waals surface area contributed by atoms with Gasteiger partial charge in [0, 0.05) is 12.5 Å². The van der Waals surface area contributed by atoms with E-state index in [2.05, 4.69) is 5.32 Å². The Balaban J connectivity index is 1.76. The second kappa shape index (κ2) is 12.3. The van der Waals surface area contributed by atoms with Crippen molar-refractivity contribution in [3.05, 3.63) is 96.1 Å². The van der Waals surface area contributed by atoms with Gasteiger partial charge in [-0.15, -0.1) is 0 Å². The molecule has 0 heterocycles. The Labute approximate surface area is 199 Å². The minimum absolute atomic E-state index is 0.00797. The molecule has 0 aliphatic carbocycles. The molecule has 0 spiro atoms. The Morgan fingerprint density at radius 1 is 0.676 bits per heavy atom. The van der Waals surface area contributed by atoms with Gasteiger partial charge in [0.25, 0.3) is 0 Å². The summed E-state index contributed by atoms with van der Waals surface area (Å²) in [6.45, 7) is 0.00797. The van der Waals surface area contributed by atoms with E-state index in [1.165, 1.54) is 0 Å². The molecule has 6 nitrogen and oxygen atoms in total. The molecule has 0 aromatic heterocycles. The van der Waals surface area contributed by atoms with E-state index in [1.807, 2.05) is 84.9 Å². The summed E-state index contributed by atoms with van der Waals surface area (Å²) in [4.78, 5) is 35.8. The molecule has 1 amide bonds. The van der Waals surface area contributed by atoms with Crippen molar-refractivity contribution in [1.82, 2.24) is 5.32 Å². The fourth-order valence-electron chi connectivity index (χ4n) is 3.98. The zero-order chi connectivity index (χ0) is 24.3. The molecule has 0 radical (unpaired) electrons. The van der Waals surface area contributed by atoms with E-state index in [9.17, 15) is 19.5 Å². The Bertz CT molecular complexity index is 1080. The van der Waals surface area contributed by atoms with Gasteiger partial charge in [-0.1, -0.05) is 84.9 Å². The minimum Gasteiger partial charge on any atom is -0.481 e. The Morgan fingerprint density at radius 2 is 1.21 bits per heavy atom. The fraction of sp³-hybridized carbons (Fsp3) is 0.250. The van der Waals surface area contributed by atoms with Gasteiger partial charge in [0.2, 0.25) is 5.91 Å². The molecule has 3 aromatic rings. The summed E-state index contributed by atoms with van der Waals surface area (Å²) < 4.78 is 0. The molecule has 6 heteroatoms. The number of carbonyl (C=O) groups is 3. The number of amides is 1. The van der Waals surface area contributed by atoms with Gasteiger partial charge >= 0.3 is 11.9 Å². The molecule has 0 aliphatic rings. The number of rotatable bonds is 12. The van der Waals surface area contributed by atoms with Crippen LogP contribution in [0.2, 0.25) is 0 Å². The van der Waals surface area contributed by atoms with Gasteiger partial charge in [-0.25, -0.2) is 0 Å². The van der Waals surface area contributed by atoms with E-state index in [0.717, 1.165) is 22.3 Å². The van der Waals surface area contributed by atoms with Crippen molar-refractivity contribution >= 4 is 17.8 Å². The number of benzene rings is 3. The monoisotopic (exact) mass is 459 g/mol. The summed E-state index contributed by atoms with van der Waals surface area (Å²) in [7, 11) is 0. The first-order valence-corrected chi connectivity index (χ1v) is 11.3. The maximum atomic E-state index is 12.9. The average Bonchev–Trinajstić information content (AvgIpc) is 2.84. The second-order valence-corrected chi connectivity index (χ2v) is 8.36. The van der Waals surface area contributed by atoms with Gasteiger partial charge < -0.3 is 15.5 Å². The first-order valence-electron chi connectivity index (χ1n) is 11.3. The van der Waals surface area contributed by atoms with Crippen LogP contribution in [0.1, 0.15) is 24.0 Å². The van der Waals surface area contributed by atoms with Gasteiger partial charge in [-0.2, -0.15) is 0 Å². The van der Waals surface area contributed by atoms with Crippen molar-refractivity contribution in [1.29, 1.82) is 0 Å². The molecular weight excluding hydrogens is 430 g/mol. The van der Waals surface area contributed by atoms with Crippen LogP contribution in [0.4, 0.5) is 0 Å². The van der Waals surface area contributed by atoms with Crippen LogP contribution in [0, 0.1) is 11.8 Å². The van der Waals surface area contributed by atoms with Crippen LogP contribution in [-0.4, -0.2) is 34.6 Å². The maximum absolute atomic E-state index is 12.9. The zero-order valence-corrected chi connectivity index (χ0v) is 18.9. The molecule has 0 saturated heterocycles. The van der Waals surface area contributed by atoms with Gasteiger partial charge in [0.15, 0.2) is 0 Å². The first kappa shape index (κ1) is 24.7. The van der Waals surface area contributed by atoms with E-state index in [0.29, 0.717) is 12.8 Å². The van der Waals surface area contributed by atoms with Crippen LogP contribution in [0.3, 0.4) is 0 Å². The van der Waals surface area contributed by atoms with E-state index >= 15 is 0 Å². The lowest BCUT2D eigenvalue weighted by Gasteiger charge is -2.21. The van der Waals surface area contributed by atoms with E-state index in [-0.39, 0.29) is 25.3 Å². The lowest BCUT2D eigenvalue weighted by molar-refractivity contribution is -0.142. The average molecular weight is 460 g/mol. The number of hydrogen-bond acceptors (Lipinski definition) is 3. The maximum Gasteiger partial charge on any atom is 0.306 e. The Hall–Kier alpha value is -3.93. The van der Waals surface area contributed by atoms with E-state index in [4.69, 9.17) is 5.11 Å². The van der Waals surface area contributed by atoms with Crippen molar-refractivity contribution in [3.8, 4) is 11.1 Å². The van der Waals surface area contributed by atoms with Crippen LogP contribution in [0.25, 0.3) is 11.1 Å². The minimum atomic E-state index is -0.999. The highest BCUT2D eigenvalue weighted by molar-refractivity contribution is 5.81. The van der Waals surface area contributed by atoms with Crippen molar-refractivity contribution < 1.29 is 24.6 Å². The summed E-state index contributed by atoms with van der Waals surface area (Å²) in [6, 6.07) is 27.2. The lowest BCUT2D eigenvalue weighted by atomic mass is 9.85. The number of carboxylic acids is 2. The van der Waals surface area contributed by atoms with Gasteiger partial charge in [-0.05, 0) is 41.5 Å². The topological polar surface area (TPSA) is 104 Å². The quantitative estimate of drug-likeness (QED) is 0.372. The molecule has 3 aromatic carbocycles. The summed E-state index contributed by atoms with van der Waals surface area (Å²) >= 11 is 0. The standard InChI is InChI=1S/C28H29NO5/c30-26(31)15-16-29-27(32)24(19-25(28(33)34)18-20-7-3-1-4-8-20)17-21-11-13-23(14-12-21)22-9-5-2-6-10-22/h1-14,24-25H,15-19H2,(H,29,32)(H,30,31)(H,33,34)/t24-,25-/m1/s1. The first-order chi connectivity index (χ1) is 16.4. The molecule has 3 rings (SSSR count). The molecule has 3 N–H and O–H groups in total. The van der Waals surface area contributed by atoms with Crippen molar-refractivity contribution in [2.24, 2.45) is 11.8 Å². The third-order valence-corrected chi connectivity index (χ3v) is 5.80. The van der Waals surface area contributed by atoms with E-state index < -0.39 is 23.8 Å². The second-order valence-electron chi connectivity index (χ2n) is 8.36.